The van der Waals surface area contributed by atoms with Gasteiger partial charge in [0, 0.05) is 12.1 Å². The van der Waals surface area contributed by atoms with Gasteiger partial charge in [0.05, 0.1) is 12.1 Å². The van der Waals surface area contributed by atoms with E-state index in [-0.39, 0.29) is 24.4 Å². The quantitative estimate of drug-likeness (QED) is 0.751. The van der Waals surface area contributed by atoms with Gasteiger partial charge in [-0.1, -0.05) is 0 Å². The molecule has 0 aromatic heterocycles. The average molecular weight is 225 g/mol. The fourth-order valence-corrected chi connectivity index (χ4v) is 1.18. The Morgan fingerprint density at radius 1 is 1.44 bits per heavy atom. The summed E-state index contributed by atoms with van der Waals surface area (Å²) in [7, 11) is 0. The number of carbonyl (C=O) groups excluding carboxylic acids is 1. The third-order valence-electron chi connectivity index (χ3n) is 2.03. The number of nitrogens with one attached hydrogen (secondary N) is 1. The summed E-state index contributed by atoms with van der Waals surface area (Å²) in [6, 6.07) is 3.94. The Bertz CT molecular complexity index is 418. The number of carbonyl (C=O) groups is 2. The van der Waals surface area contributed by atoms with E-state index in [2.05, 4.69) is 5.32 Å². The maximum atomic E-state index is 13.2. The molecule has 0 aliphatic rings. The molecule has 0 aliphatic carbocycles. The number of anilines is 1. The van der Waals surface area contributed by atoms with E-state index in [1.807, 2.05) is 0 Å². The zero-order valence-corrected chi connectivity index (χ0v) is 8.79. The number of Topliss-reactive ketones (excluding diaryl/α,β-unsaturated/α-hetero) is 1. The van der Waals surface area contributed by atoms with Gasteiger partial charge in [-0.05, 0) is 25.1 Å². The number of hydrogen-bond acceptors (Lipinski definition) is 3. The van der Waals surface area contributed by atoms with Crippen molar-refractivity contribution in [2.24, 2.45) is 0 Å². The van der Waals surface area contributed by atoms with Crippen LogP contribution in [-0.4, -0.2) is 23.4 Å². The summed E-state index contributed by atoms with van der Waals surface area (Å²) in [6.45, 7) is 1.50. The van der Waals surface area contributed by atoms with Crippen molar-refractivity contribution in [3.8, 4) is 0 Å². The fourth-order valence-electron chi connectivity index (χ4n) is 1.18. The van der Waals surface area contributed by atoms with Gasteiger partial charge in [-0.15, -0.1) is 0 Å². The molecule has 2 N–H and O–H groups in total. The van der Waals surface area contributed by atoms with E-state index in [4.69, 9.17) is 5.11 Å². The van der Waals surface area contributed by atoms with E-state index in [0.717, 1.165) is 0 Å². The van der Waals surface area contributed by atoms with Crippen molar-refractivity contribution in [3.05, 3.63) is 29.6 Å². The lowest BCUT2D eigenvalue weighted by Crippen LogP contribution is -2.09. The second-order valence-corrected chi connectivity index (χ2v) is 3.32. The molecule has 86 valence electrons. The first-order valence-corrected chi connectivity index (χ1v) is 4.77. The van der Waals surface area contributed by atoms with E-state index in [1.165, 1.54) is 25.1 Å². The van der Waals surface area contributed by atoms with Gasteiger partial charge in [-0.3, -0.25) is 9.59 Å². The Balaban J connectivity index is 2.74. The lowest BCUT2D eigenvalue weighted by atomic mass is 10.1. The highest BCUT2D eigenvalue weighted by atomic mass is 19.1. The van der Waals surface area contributed by atoms with Crippen LogP contribution in [0.25, 0.3) is 0 Å². The number of rotatable bonds is 5. The predicted molar refractivity (Wildman–Crippen MR) is 57.1 cm³/mol. The maximum absolute atomic E-state index is 13.2. The van der Waals surface area contributed by atoms with Crippen LogP contribution in [0.2, 0.25) is 0 Å². The summed E-state index contributed by atoms with van der Waals surface area (Å²) in [5.41, 5.74) is 0.535. The molecule has 0 bridgehead atoms. The van der Waals surface area contributed by atoms with Gasteiger partial charge < -0.3 is 10.4 Å². The van der Waals surface area contributed by atoms with E-state index in [0.29, 0.717) is 5.56 Å². The Morgan fingerprint density at radius 3 is 2.69 bits per heavy atom. The third kappa shape index (κ3) is 3.34. The van der Waals surface area contributed by atoms with Gasteiger partial charge >= 0.3 is 5.97 Å². The highest BCUT2D eigenvalue weighted by molar-refractivity contribution is 5.95. The number of aliphatic carboxylic acids is 1. The first-order valence-electron chi connectivity index (χ1n) is 4.77. The second-order valence-electron chi connectivity index (χ2n) is 3.32. The molecular weight excluding hydrogens is 213 g/mol. The zero-order valence-electron chi connectivity index (χ0n) is 8.79. The Kier molecular flexibility index (Phi) is 3.99. The first kappa shape index (κ1) is 12.2. The molecule has 0 fully saturated rings. The molecule has 0 saturated heterocycles. The summed E-state index contributed by atoms with van der Waals surface area (Å²) in [6.07, 6.45) is -0.107. The minimum atomic E-state index is -0.962. The fraction of sp³-hybridized carbons (Fsp3) is 0.273. The number of benzene rings is 1. The Morgan fingerprint density at radius 2 is 2.12 bits per heavy atom. The molecule has 0 atom stereocenters. The van der Waals surface area contributed by atoms with Crippen LogP contribution in [0.1, 0.15) is 23.7 Å². The van der Waals surface area contributed by atoms with E-state index < -0.39 is 11.8 Å². The summed E-state index contributed by atoms with van der Waals surface area (Å²) in [4.78, 5) is 21.3. The monoisotopic (exact) mass is 225 g/mol. The zero-order chi connectivity index (χ0) is 12.1. The van der Waals surface area contributed by atoms with Crippen molar-refractivity contribution in [2.45, 2.75) is 13.3 Å². The van der Waals surface area contributed by atoms with Gasteiger partial charge in [0.1, 0.15) is 5.82 Å². The molecule has 0 spiro atoms. The largest absolute Gasteiger partial charge is 0.481 e. The van der Waals surface area contributed by atoms with E-state index in [1.54, 1.807) is 0 Å². The minimum Gasteiger partial charge on any atom is -0.481 e. The third-order valence-corrected chi connectivity index (χ3v) is 2.03. The molecule has 0 amide bonds. The summed E-state index contributed by atoms with van der Waals surface area (Å²) in [5.74, 6) is -1.63. The van der Waals surface area contributed by atoms with Crippen LogP contribution >= 0.6 is 0 Å². The molecule has 16 heavy (non-hydrogen) atoms. The lowest BCUT2D eigenvalue weighted by molar-refractivity contribution is -0.136. The van der Waals surface area contributed by atoms with Gasteiger partial charge in [-0.25, -0.2) is 4.39 Å². The summed E-state index contributed by atoms with van der Waals surface area (Å²) in [5, 5.41) is 11.0. The standard InChI is InChI=1S/C11H12FNO3/c1-7(14)8-2-3-9(12)10(6-8)13-5-4-11(15)16/h2-3,6,13H,4-5H2,1H3,(H,15,16). The van der Waals surface area contributed by atoms with Gasteiger partial charge in [0.2, 0.25) is 0 Å². The topological polar surface area (TPSA) is 66.4 Å². The Hall–Kier alpha value is -1.91. The molecule has 0 radical (unpaired) electrons. The van der Waals surface area contributed by atoms with Crippen LogP contribution in [0, 0.1) is 5.82 Å². The van der Waals surface area contributed by atoms with Crippen LogP contribution in [0.3, 0.4) is 0 Å². The normalized spacial score (nSPS) is 9.88. The number of ketones is 1. The van der Waals surface area contributed by atoms with Gasteiger partial charge in [0.25, 0.3) is 0 Å². The predicted octanol–water partition coefficient (Wildman–Crippen LogP) is 1.91. The van der Waals surface area contributed by atoms with E-state index in [9.17, 15) is 14.0 Å². The second kappa shape index (κ2) is 5.25. The molecule has 1 aromatic rings. The molecular formula is C11H12FNO3. The van der Waals surface area contributed by atoms with Crippen LogP contribution in [-0.2, 0) is 4.79 Å². The number of halogens is 1. The molecule has 0 aliphatic heterocycles. The average Bonchev–Trinajstić information content (AvgIpc) is 2.20. The van der Waals surface area contributed by atoms with Crippen molar-refractivity contribution in [1.82, 2.24) is 0 Å². The molecule has 0 unspecified atom stereocenters. The maximum Gasteiger partial charge on any atom is 0.305 e. The summed E-state index contributed by atoms with van der Waals surface area (Å²) < 4.78 is 13.2. The smallest absolute Gasteiger partial charge is 0.305 e. The Labute approximate surface area is 92.1 Å². The summed E-state index contributed by atoms with van der Waals surface area (Å²) >= 11 is 0. The molecule has 4 nitrogen and oxygen atoms in total. The van der Waals surface area contributed by atoms with Crippen molar-refractivity contribution in [1.29, 1.82) is 0 Å². The molecule has 0 saturated carbocycles. The molecule has 0 heterocycles. The highest BCUT2D eigenvalue weighted by Crippen LogP contribution is 2.16. The van der Waals surface area contributed by atoms with Crippen LogP contribution in [0.4, 0.5) is 10.1 Å². The molecule has 1 aromatic carbocycles. The van der Waals surface area contributed by atoms with Crippen LogP contribution < -0.4 is 5.32 Å². The highest BCUT2D eigenvalue weighted by Gasteiger charge is 2.06. The van der Waals surface area contributed by atoms with Crippen molar-refractivity contribution in [2.75, 3.05) is 11.9 Å². The SMILES string of the molecule is CC(=O)c1ccc(F)c(NCCC(=O)O)c1. The molecule has 1 rings (SSSR count). The number of carboxylic acid groups (broad SMARTS) is 1. The first-order chi connectivity index (χ1) is 7.50. The molecule has 5 heteroatoms. The van der Waals surface area contributed by atoms with Gasteiger partial charge in [0.15, 0.2) is 5.78 Å². The van der Waals surface area contributed by atoms with Crippen LogP contribution in [0.15, 0.2) is 18.2 Å². The van der Waals surface area contributed by atoms with Crippen LogP contribution in [0.5, 0.6) is 0 Å². The van der Waals surface area contributed by atoms with Gasteiger partial charge in [-0.2, -0.15) is 0 Å². The number of carboxylic acids is 1. The van der Waals surface area contributed by atoms with E-state index >= 15 is 0 Å². The van der Waals surface area contributed by atoms with Crippen molar-refractivity contribution >= 4 is 17.4 Å². The minimum absolute atomic E-state index is 0.107. The number of hydrogen-bond donors (Lipinski definition) is 2. The lowest BCUT2D eigenvalue weighted by Gasteiger charge is -2.07. The van der Waals surface area contributed by atoms with Crippen molar-refractivity contribution in [3.63, 3.8) is 0 Å². The van der Waals surface area contributed by atoms with Crippen molar-refractivity contribution < 1.29 is 19.1 Å².